The Balaban J connectivity index is 0. The van der Waals surface area contributed by atoms with Gasteiger partial charge in [-0.3, -0.25) is 14.9 Å². The van der Waals surface area contributed by atoms with Crippen molar-refractivity contribution in [2.24, 2.45) is 0 Å². The molecule has 5 heteroatoms. The molecular weight excluding hydrogens is 265 g/mol. The number of ketones is 1. The third-order valence-corrected chi connectivity index (χ3v) is 0.910. The molecule has 0 aliphatic carbocycles. The number of allylic oxidation sites excluding steroid dienone is 3. The Labute approximate surface area is 86.8 Å². The van der Waals surface area contributed by atoms with E-state index in [9.17, 15) is 14.9 Å². The fraction of sp³-hybridized carbons (Fsp3) is 0. The Morgan fingerprint density at radius 3 is 2.17 bits per heavy atom. The van der Waals surface area contributed by atoms with Crippen LogP contribution in [0.1, 0.15) is 0 Å². The van der Waals surface area contributed by atoms with Crippen molar-refractivity contribution < 1.29 is 9.72 Å². The molecule has 0 atom stereocenters. The van der Waals surface area contributed by atoms with Crippen LogP contribution in [0.15, 0.2) is 37.1 Å². The molecule has 12 heavy (non-hydrogen) atoms. The van der Waals surface area contributed by atoms with Crippen LogP contribution in [0.25, 0.3) is 0 Å². The van der Waals surface area contributed by atoms with Gasteiger partial charge in [-0.2, -0.15) is 0 Å². The van der Waals surface area contributed by atoms with Crippen molar-refractivity contribution in [3.8, 4) is 0 Å². The van der Waals surface area contributed by atoms with E-state index >= 15 is 0 Å². The van der Waals surface area contributed by atoms with Gasteiger partial charge in [-0.1, -0.05) is 19.2 Å². The summed E-state index contributed by atoms with van der Waals surface area (Å²) < 4.78 is 0. The first kappa shape index (κ1) is 13.7. The molecule has 62 valence electrons. The number of hydrogen-bond donors (Lipinski definition) is 0. The molecule has 0 aromatic carbocycles. The summed E-state index contributed by atoms with van der Waals surface area (Å²) in [5.74, 6) is -0.713. The van der Waals surface area contributed by atoms with Gasteiger partial charge in [-0.15, -0.1) is 0 Å². The van der Waals surface area contributed by atoms with Gasteiger partial charge in [0.1, 0.15) is 0 Å². The van der Waals surface area contributed by atoms with Crippen molar-refractivity contribution in [1.82, 2.24) is 0 Å². The average molecular weight is 272 g/mol. The maximum absolute atomic E-state index is 10.7. The third-order valence-electron chi connectivity index (χ3n) is 0.910. The predicted octanol–water partition coefficient (Wildman–Crippen LogP) is 0.707. The molecule has 0 rings (SSSR count). The molecule has 0 fully saturated rings. The molecular formula is C7H7NO3Sn. The van der Waals surface area contributed by atoms with Gasteiger partial charge in [-0.25, -0.2) is 0 Å². The SMILES string of the molecule is C=CC=C(C(=O)C=C)[N+](=O)[O-].[Sn]. The normalized spacial score (nSPS) is 9.50. The molecule has 0 heterocycles. The molecule has 0 aromatic rings. The van der Waals surface area contributed by atoms with E-state index in [2.05, 4.69) is 13.2 Å². The van der Waals surface area contributed by atoms with Gasteiger partial charge in [0, 0.05) is 30.0 Å². The second-order valence-corrected chi connectivity index (χ2v) is 1.61. The summed E-state index contributed by atoms with van der Waals surface area (Å²) in [7, 11) is 0. The smallest absolute Gasteiger partial charge is 0.282 e. The molecule has 0 saturated heterocycles. The van der Waals surface area contributed by atoms with E-state index < -0.39 is 16.4 Å². The van der Waals surface area contributed by atoms with E-state index in [4.69, 9.17) is 0 Å². The van der Waals surface area contributed by atoms with Crippen LogP contribution in [-0.2, 0) is 4.79 Å². The van der Waals surface area contributed by atoms with Crippen LogP contribution in [0.4, 0.5) is 0 Å². The molecule has 0 saturated carbocycles. The second-order valence-electron chi connectivity index (χ2n) is 1.61. The Bertz CT molecular complexity index is 245. The molecule has 0 N–H and O–H groups in total. The zero-order valence-electron chi connectivity index (χ0n) is 6.32. The van der Waals surface area contributed by atoms with Gasteiger partial charge in [0.15, 0.2) is 0 Å². The quantitative estimate of drug-likeness (QED) is 0.249. The van der Waals surface area contributed by atoms with Gasteiger partial charge in [0.25, 0.3) is 5.78 Å². The van der Waals surface area contributed by atoms with Gasteiger partial charge in [-0.05, 0) is 6.08 Å². The Morgan fingerprint density at radius 1 is 1.42 bits per heavy atom. The summed E-state index contributed by atoms with van der Waals surface area (Å²) in [5, 5.41) is 10.1. The van der Waals surface area contributed by atoms with E-state index in [-0.39, 0.29) is 23.9 Å². The molecule has 0 aromatic heterocycles. The fourth-order valence-corrected chi connectivity index (χ4v) is 0.449. The monoisotopic (exact) mass is 273 g/mol. The summed E-state index contributed by atoms with van der Waals surface area (Å²) >= 11 is 0. The predicted molar refractivity (Wildman–Crippen MR) is 46.2 cm³/mol. The number of carbonyl (C=O) groups excluding carboxylic acids is 1. The van der Waals surface area contributed by atoms with Crippen molar-refractivity contribution in [1.29, 1.82) is 0 Å². The molecule has 0 spiro atoms. The molecule has 0 bridgehead atoms. The topological polar surface area (TPSA) is 60.2 Å². The summed E-state index contributed by atoms with van der Waals surface area (Å²) in [4.78, 5) is 20.0. The molecule has 0 amide bonds. The minimum absolute atomic E-state index is 0. The van der Waals surface area contributed by atoms with Crippen LogP contribution < -0.4 is 0 Å². The Kier molecular flexibility index (Phi) is 7.72. The number of nitro groups is 1. The first-order valence-electron chi connectivity index (χ1n) is 2.77. The van der Waals surface area contributed by atoms with Crippen LogP contribution in [0.5, 0.6) is 0 Å². The van der Waals surface area contributed by atoms with Crippen LogP contribution in [0.3, 0.4) is 0 Å². The van der Waals surface area contributed by atoms with E-state index in [1.54, 1.807) is 0 Å². The molecule has 0 aliphatic heterocycles. The second kappa shape index (κ2) is 6.78. The number of nitrogens with zero attached hydrogens (tertiary/aromatic N) is 1. The van der Waals surface area contributed by atoms with Gasteiger partial charge in [0.2, 0.25) is 0 Å². The summed E-state index contributed by atoms with van der Waals surface area (Å²) in [6, 6.07) is 0. The first-order chi connectivity index (χ1) is 5.13. The van der Waals surface area contributed by atoms with Crippen LogP contribution in [-0.4, -0.2) is 34.6 Å². The maximum atomic E-state index is 10.7. The van der Waals surface area contributed by atoms with Crippen LogP contribution >= 0.6 is 0 Å². The average Bonchev–Trinajstić information content (AvgIpc) is 1.98. The zero-order chi connectivity index (χ0) is 8.85. The number of hydrogen-bond acceptors (Lipinski definition) is 3. The van der Waals surface area contributed by atoms with Crippen LogP contribution in [0, 0.1) is 10.1 Å². The van der Waals surface area contributed by atoms with Crippen molar-refractivity contribution in [2.45, 2.75) is 0 Å². The minimum Gasteiger partial charge on any atom is -0.282 e. The fourth-order valence-electron chi connectivity index (χ4n) is 0.449. The van der Waals surface area contributed by atoms with Crippen LogP contribution in [0.2, 0.25) is 0 Å². The van der Waals surface area contributed by atoms with E-state index in [0.29, 0.717) is 0 Å². The largest absolute Gasteiger partial charge is 0.316 e. The van der Waals surface area contributed by atoms with E-state index in [0.717, 1.165) is 12.2 Å². The number of rotatable bonds is 4. The standard InChI is InChI=1S/C7H7NO3.Sn/c1-3-5-6(8(10)11)7(9)4-2;/h3-5H,1-2H2;. The van der Waals surface area contributed by atoms with Gasteiger partial charge in [0.05, 0.1) is 4.92 Å². The summed E-state index contributed by atoms with van der Waals surface area (Å²) in [6.45, 7) is 6.35. The third kappa shape index (κ3) is 4.07. The van der Waals surface area contributed by atoms with Crippen molar-refractivity contribution in [2.75, 3.05) is 0 Å². The minimum atomic E-state index is -0.772. The molecule has 0 unspecified atom stereocenters. The first-order valence-corrected chi connectivity index (χ1v) is 2.77. The number of carbonyl (C=O) groups is 1. The van der Waals surface area contributed by atoms with E-state index in [1.165, 1.54) is 6.08 Å². The summed E-state index contributed by atoms with van der Waals surface area (Å²) in [6.07, 6.45) is 3.10. The van der Waals surface area contributed by atoms with Gasteiger partial charge >= 0.3 is 5.70 Å². The molecule has 4 nitrogen and oxygen atoms in total. The Hall–Kier alpha value is -0.911. The molecule has 0 aliphatic rings. The maximum Gasteiger partial charge on any atom is 0.316 e. The Morgan fingerprint density at radius 2 is 1.92 bits per heavy atom. The van der Waals surface area contributed by atoms with E-state index in [1.807, 2.05) is 0 Å². The zero-order valence-corrected chi connectivity index (χ0v) is 9.17. The van der Waals surface area contributed by atoms with Crippen molar-refractivity contribution in [3.63, 3.8) is 0 Å². The summed E-state index contributed by atoms with van der Waals surface area (Å²) in [5.41, 5.74) is -0.519. The van der Waals surface area contributed by atoms with Crippen molar-refractivity contribution >= 4 is 29.7 Å². The van der Waals surface area contributed by atoms with Crippen molar-refractivity contribution in [3.05, 3.63) is 47.2 Å². The van der Waals surface area contributed by atoms with Gasteiger partial charge < -0.3 is 0 Å². The molecule has 4 radical (unpaired) electrons.